The molecule has 4 aromatic rings. The highest BCUT2D eigenvalue weighted by molar-refractivity contribution is 9.10. The number of aromatic nitrogens is 2. The van der Waals surface area contributed by atoms with Crippen LogP contribution in [-0.2, 0) is 4.79 Å². The van der Waals surface area contributed by atoms with Gasteiger partial charge in [0.1, 0.15) is 10.8 Å². The third-order valence-corrected chi connectivity index (χ3v) is 5.52. The largest absolute Gasteiger partial charge is 0.322 e. The van der Waals surface area contributed by atoms with Crippen LogP contribution < -0.4 is 10.6 Å². The maximum Gasteiger partial charge on any atom is 0.256 e. The Morgan fingerprint density at radius 1 is 1.00 bits per heavy atom. The van der Waals surface area contributed by atoms with Gasteiger partial charge in [0.25, 0.3) is 5.91 Å². The summed E-state index contributed by atoms with van der Waals surface area (Å²) in [5.74, 6) is -0.177. The quantitative estimate of drug-likeness (QED) is 0.378. The van der Waals surface area contributed by atoms with E-state index < -0.39 is 0 Å². The minimum Gasteiger partial charge on any atom is -0.322 e. The zero-order valence-corrected chi connectivity index (χ0v) is 17.9. The van der Waals surface area contributed by atoms with Gasteiger partial charge in [0.05, 0.1) is 10.2 Å². The van der Waals surface area contributed by atoms with Crippen LogP contribution in [-0.4, -0.2) is 21.8 Å². The summed E-state index contributed by atoms with van der Waals surface area (Å²) in [6, 6.07) is 18.0. The van der Waals surface area contributed by atoms with E-state index in [1.54, 1.807) is 48.7 Å². The minimum absolute atomic E-state index is 0.304. The van der Waals surface area contributed by atoms with Gasteiger partial charge in [-0.1, -0.05) is 18.2 Å². The maximum absolute atomic E-state index is 12.4. The zero-order valence-electron chi connectivity index (χ0n) is 15.5. The number of rotatable bonds is 5. The summed E-state index contributed by atoms with van der Waals surface area (Å²) >= 11 is 4.82. The molecule has 0 bridgehead atoms. The lowest BCUT2D eigenvalue weighted by atomic mass is 10.2. The lowest BCUT2D eigenvalue weighted by Gasteiger charge is -2.07. The van der Waals surface area contributed by atoms with Crippen molar-refractivity contribution in [2.45, 2.75) is 0 Å². The molecule has 0 aliphatic carbocycles. The van der Waals surface area contributed by atoms with Crippen molar-refractivity contribution in [1.82, 2.24) is 9.97 Å². The Balaban J connectivity index is 1.41. The molecule has 2 N–H and O–H groups in total. The number of para-hydroxylation sites is 1. The predicted octanol–water partition coefficient (Wildman–Crippen LogP) is 5.36. The highest BCUT2D eigenvalue weighted by atomic mass is 79.9. The number of carbonyl (C=O) groups is 2. The van der Waals surface area contributed by atoms with Crippen molar-refractivity contribution in [2.75, 3.05) is 10.6 Å². The number of halogens is 1. The molecule has 0 saturated carbocycles. The van der Waals surface area contributed by atoms with Crippen LogP contribution in [0.2, 0.25) is 0 Å². The van der Waals surface area contributed by atoms with Gasteiger partial charge >= 0.3 is 0 Å². The summed E-state index contributed by atoms with van der Waals surface area (Å²) in [5, 5.41) is 6.23. The number of hydrogen-bond donors (Lipinski definition) is 2. The molecule has 2 heterocycles. The predicted molar refractivity (Wildman–Crippen MR) is 124 cm³/mol. The van der Waals surface area contributed by atoms with E-state index >= 15 is 0 Å². The molecule has 0 spiro atoms. The van der Waals surface area contributed by atoms with E-state index in [0.29, 0.717) is 17.1 Å². The molecule has 2 amide bonds. The molecule has 0 radical (unpaired) electrons. The van der Waals surface area contributed by atoms with Crippen LogP contribution in [0.1, 0.15) is 15.4 Å². The second kappa shape index (κ2) is 8.98. The van der Waals surface area contributed by atoms with Gasteiger partial charge in [-0.05, 0) is 64.5 Å². The lowest BCUT2D eigenvalue weighted by molar-refractivity contribution is -0.111. The van der Waals surface area contributed by atoms with Gasteiger partial charge in [-0.25, -0.2) is 9.97 Å². The van der Waals surface area contributed by atoms with Gasteiger partial charge in [0, 0.05) is 28.0 Å². The molecular formula is C22H15BrN4O2S. The highest BCUT2D eigenvalue weighted by Gasteiger charge is 2.09. The van der Waals surface area contributed by atoms with Crippen LogP contribution in [0.3, 0.4) is 0 Å². The summed E-state index contributed by atoms with van der Waals surface area (Å²) < 4.78 is 1.89. The van der Waals surface area contributed by atoms with Gasteiger partial charge < -0.3 is 10.6 Å². The smallest absolute Gasteiger partial charge is 0.256 e. The normalized spacial score (nSPS) is 11.0. The zero-order chi connectivity index (χ0) is 20.9. The van der Waals surface area contributed by atoms with Crippen LogP contribution in [0.4, 0.5) is 11.5 Å². The molecule has 0 aliphatic rings. The molecular weight excluding hydrogens is 464 g/mol. The van der Waals surface area contributed by atoms with Crippen LogP contribution in [0.5, 0.6) is 0 Å². The Kier molecular flexibility index (Phi) is 5.97. The molecule has 30 heavy (non-hydrogen) atoms. The number of hydrogen-bond acceptors (Lipinski definition) is 5. The second-order valence-electron chi connectivity index (χ2n) is 6.24. The molecule has 148 valence electrons. The summed E-state index contributed by atoms with van der Waals surface area (Å²) in [6.07, 6.45) is 4.70. The fourth-order valence-corrected chi connectivity index (χ4v) is 3.77. The van der Waals surface area contributed by atoms with Gasteiger partial charge in [-0.15, -0.1) is 11.3 Å². The van der Waals surface area contributed by atoms with Crippen molar-refractivity contribution < 1.29 is 9.59 Å². The fourth-order valence-electron chi connectivity index (χ4n) is 2.67. The molecule has 2 aromatic heterocycles. The average Bonchev–Trinajstić information content (AvgIpc) is 3.17. The van der Waals surface area contributed by atoms with E-state index in [-0.39, 0.29) is 11.8 Å². The van der Waals surface area contributed by atoms with Crippen LogP contribution >= 0.6 is 27.3 Å². The topological polar surface area (TPSA) is 84.0 Å². The fraction of sp³-hybridized carbons (Fsp3) is 0. The molecule has 0 saturated heterocycles. The van der Waals surface area contributed by atoms with E-state index in [0.717, 1.165) is 19.7 Å². The molecule has 8 heteroatoms. The third-order valence-electron chi connectivity index (χ3n) is 4.05. The minimum atomic E-state index is -0.314. The van der Waals surface area contributed by atoms with E-state index in [1.807, 2.05) is 24.3 Å². The SMILES string of the molecule is O=C(/C=C/c1nc2ccccc2s1)Nc1cccc(C(=O)Nc2ccc(Br)cn2)c1. The van der Waals surface area contributed by atoms with E-state index in [1.165, 1.54) is 17.4 Å². The Morgan fingerprint density at radius 3 is 2.67 bits per heavy atom. The number of thiazole rings is 1. The van der Waals surface area contributed by atoms with Crippen molar-refractivity contribution in [2.24, 2.45) is 0 Å². The number of nitrogens with zero attached hydrogens (tertiary/aromatic N) is 2. The summed E-state index contributed by atoms with van der Waals surface area (Å²) in [6.45, 7) is 0. The average molecular weight is 479 g/mol. The van der Waals surface area contributed by atoms with Gasteiger partial charge in [0.15, 0.2) is 0 Å². The Labute approximate surface area is 184 Å². The first-order valence-corrected chi connectivity index (χ1v) is 10.6. The number of anilines is 2. The molecule has 2 aromatic carbocycles. The van der Waals surface area contributed by atoms with Gasteiger partial charge in [0.2, 0.25) is 5.91 Å². The van der Waals surface area contributed by atoms with Gasteiger partial charge in [-0.3, -0.25) is 9.59 Å². The number of nitrogens with one attached hydrogen (secondary N) is 2. The van der Waals surface area contributed by atoms with E-state index in [9.17, 15) is 9.59 Å². The lowest BCUT2D eigenvalue weighted by Crippen LogP contribution is -2.14. The van der Waals surface area contributed by atoms with Crippen molar-refractivity contribution in [3.63, 3.8) is 0 Å². The molecule has 6 nitrogen and oxygen atoms in total. The van der Waals surface area contributed by atoms with Crippen molar-refractivity contribution in [3.8, 4) is 0 Å². The number of fused-ring (bicyclic) bond motifs is 1. The molecule has 4 rings (SSSR count). The first kappa shape index (κ1) is 19.9. The van der Waals surface area contributed by atoms with Crippen molar-refractivity contribution >= 4 is 66.9 Å². The van der Waals surface area contributed by atoms with Crippen LogP contribution in [0, 0.1) is 0 Å². The number of pyridine rings is 1. The second-order valence-corrected chi connectivity index (χ2v) is 8.22. The standard InChI is InChI=1S/C22H15BrN4O2S/c23-15-8-9-19(24-13-15)27-22(29)14-4-3-5-16(12-14)25-20(28)10-11-21-26-17-6-1-2-7-18(17)30-21/h1-13H,(H,25,28)(H,24,27,29)/b11-10+. The van der Waals surface area contributed by atoms with Crippen molar-refractivity contribution in [3.05, 3.63) is 88.0 Å². The molecule has 0 atom stereocenters. The van der Waals surface area contributed by atoms with Gasteiger partial charge in [-0.2, -0.15) is 0 Å². The molecule has 0 aliphatic heterocycles. The Hall–Kier alpha value is -3.36. The number of carbonyl (C=O) groups excluding carboxylic acids is 2. The first-order chi connectivity index (χ1) is 14.6. The van der Waals surface area contributed by atoms with Crippen LogP contribution in [0.25, 0.3) is 16.3 Å². The summed E-state index contributed by atoms with van der Waals surface area (Å²) in [7, 11) is 0. The van der Waals surface area contributed by atoms with Crippen molar-refractivity contribution in [1.29, 1.82) is 0 Å². The van der Waals surface area contributed by atoms with Crippen LogP contribution in [0.15, 0.2) is 77.4 Å². The summed E-state index contributed by atoms with van der Waals surface area (Å²) in [5.41, 5.74) is 1.83. The highest BCUT2D eigenvalue weighted by Crippen LogP contribution is 2.22. The summed E-state index contributed by atoms with van der Waals surface area (Å²) in [4.78, 5) is 33.3. The molecule has 0 unspecified atom stereocenters. The van der Waals surface area contributed by atoms with E-state index in [2.05, 4.69) is 36.5 Å². The maximum atomic E-state index is 12.4. The Bertz CT molecular complexity index is 1220. The number of benzene rings is 2. The monoisotopic (exact) mass is 478 g/mol. The first-order valence-electron chi connectivity index (χ1n) is 8.94. The van der Waals surface area contributed by atoms with E-state index in [4.69, 9.17) is 0 Å². The third kappa shape index (κ3) is 4.97. The number of amides is 2. The Morgan fingerprint density at radius 2 is 1.87 bits per heavy atom. The molecule has 0 fully saturated rings.